The summed E-state index contributed by atoms with van der Waals surface area (Å²) >= 11 is 5.52. The van der Waals surface area contributed by atoms with Crippen molar-refractivity contribution >= 4 is 17.3 Å². The number of rotatable bonds is 5. The minimum atomic E-state index is -0.793. The van der Waals surface area contributed by atoms with Gasteiger partial charge in [0.25, 0.3) is 0 Å². The van der Waals surface area contributed by atoms with Gasteiger partial charge in [-0.25, -0.2) is 8.78 Å². The Labute approximate surface area is 163 Å². The van der Waals surface area contributed by atoms with E-state index in [-0.39, 0.29) is 0 Å². The predicted molar refractivity (Wildman–Crippen MR) is 105 cm³/mol. The molecule has 0 bridgehead atoms. The first-order valence-electron chi connectivity index (χ1n) is 9.19. The van der Waals surface area contributed by atoms with E-state index in [9.17, 15) is 8.78 Å². The van der Waals surface area contributed by atoms with E-state index in [0.29, 0.717) is 18.7 Å². The second-order valence-corrected chi connectivity index (χ2v) is 7.12. The Balaban J connectivity index is 1.47. The molecule has 2 heterocycles. The summed E-state index contributed by atoms with van der Waals surface area (Å²) in [6, 6.07) is 4.33. The van der Waals surface area contributed by atoms with E-state index < -0.39 is 11.6 Å². The number of benzene rings is 1. The van der Waals surface area contributed by atoms with Crippen molar-refractivity contribution < 1.29 is 8.78 Å². The summed E-state index contributed by atoms with van der Waals surface area (Å²) in [5, 5.41) is 8.46. The highest BCUT2D eigenvalue weighted by Gasteiger charge is 2.20. The van der Waals surface area contributed by atoms with Crippen LogP contribution in [0.4, 0.5) is 8.78 Å². The van der Waals surface area contributed by atoms with Gasteiger partial charge in [-0.1, -0.05) is 12.1 Å². The molecular weight excluding hydrogens is 368 g/mol. The molecule has 0 saturated carbocycles. The Kier molecular flexibility index (Phi) is 6.38. The van der Waals surface area contributed by atoms with Gasteiger partial charge in [0.2, 0.25) is 0 Å². The SMILES string of the molecule is CCn1cc(CNC(=S)N2CCN(Cc3cccc(F)c3F)CC2)c(C)n1. The molecule has 1 aromatic carbocycles. The zero-order chi connectivity index (χ0) is 19.4. The van der Waals surface area contributed by atoms with Crippen LogP contribution >= 0.6 is 12.2 Å². The minimum absolute atomic E-state index is 0.396. The molecule has 1 fully saturated rings. The van der Waals surface area contributed by atoms with E-state index in [1.807, 2.05) is 17.8 Å². The minimum Gasteiger partial charge on any atom is -0.358 e. The predicted octanol–water partition coefficient (Wildman–Crippen LogP) is 2.68. The van der Waals surface area contributed by atoms with E-state index in [1.54, 1.807) is 12.1 Å². The molecule has 0 aliphatic carbocycles. The van der Waals surface area contributed by atoms with Crippen molar-refractivity contribution in [2.75, 3.05) is 26.2 Å². The number of nitrogens with one attached hydrogen (secondary N) is 1. The van der Waals surface area contributed by atoms with Crippen molar-refractivity contribution in [3.8, 4) is 0 Å². The summed E-state index contributed by atoms with van der Waals surface area (Å²) in [6.45, 7) is 8.99. The summed E-state index contributed by atoms with van der Waals surface area (Å²) < 4.78 is 29.1. The summed E-state index contributed by atoms with van der Waals surface area (Å²) in [7, 11) is 0. The molecule has 1 N–H and O–H groups in total. The van der Waals surface area contributed by atoms with Crippen LogP contribution in [0.25, 0.3) is 0 Å². The van der Waals surface area contributed by atoms with E-state index >= 15 is 0 Å². The maximum Gasteiger partial charge on any atom is 0.169 e. The highest BCUT2D eigenvalue weighted by atomic mass is 32.1. The average molecular weight is 394 g/mol. The van der Waals surface area contributed by atoms with Gasteiger partial charge in [0, 0.05) is 63.1 Å². The van der Waals surface area contributed by atoms with Crippen LogP contribution in [0.15, 0.2) is 24.4 Å². The Bertz CT molecular complexity index is 799. The van der Waals surface area contributed by atoms with E-state index in [2.05, 4.69) is 27.1 Å². The first kappa shape index (κ1) is 19.7. The molecular formula is C19H25F2N5S. The van der Waals surface area contributed by atoms with Gasteiger partial charge in [0.05, 0.1) is 5.69 Å². The number of piperazine rings is 1. The molecule has 0 atom stereocenters. The highest BCUT2D eigenvalue weighted by molar-refractivity contribution is 7.80. The zero-order valence-electron chi connectivity index (χ0n) is 15.7. The van der Waals surface area contributed by atoms with Crippen LogP contribution in [0.1, 0.15) is 23.7 Å². The van der Waals surface area contributed by atoms with Gasteiger partial charge in [-0.3, -0.25) is 9.58 Å². The quantitative estimate of drug-likeness (QED) is 0.791. The highest BCUT2D eigenvalue weighted by Crippen LogP contribution is 2.15. The molecule has 1 aliphatic rings. The van der Waals surface area contributed by atoms with Crippen LogP contribution < -0.4 is 5.32 Å². The van der Waals surface area contributed by atoms with Gasteiger partial charge >= 0.3 is 0 Å². The maximum atomic E-state index is 13.8. The summed E-state index contributed by atoms with van der Waals surface area (Å²) in [4.78, 5) is 4.24. The van der Waals surface area contributed by atoms with Crippen LogP contribution in [0, 0.1) is 18.6 Å². The number of hydrogen-bond acceptors (Lipinski definition) is 3. The summed E-state index contributed by atoms with van der Waals surface area (Å²) in [5.74, 6) is -1.54. The lowest BCUT2D eigenvalue weighted by Gasteiger charge is -2.36. The number of hydrogen-bond donors (Lipinski definition) is 1. The van der Waals surface area contributed by atoms with Crippen molar-refractivity contribution in [1.29, 1.82) is 0 Å². The molecule has 146 valence electrons. The molecule has 3 rings (SSSR count). The number of nitrogens with zero attached hydrogens (tertiary/aromatic N) is 4. The Morgan fingerprint density at radius 2 is 1.93 bits per heavy atom. The molecule has 0 unspecified atom stereocenters. The molecule has 5 nitrogen and oxygen atoms in total. The Morgan fingerprint density at radius 1 is 1.19 bits per heavy atom. The fourth-order valence-electron chi connectivity index (χ4n) is 3.20. The van der Waals surface area contributed by atoms with Crippen LogP contribution in [-0.2, 0) is 19.6 Å². The zero-order valence-corrected chi connectivity index (χ0v) is 16.5. The molecule has 1 aromatic heterocycles. The van der Waals surface area contributed by atoms with Gasteiger partial charge in [0.1, 0.15) is 0 Å². The second-order valence-electron chi connectivity index (χ2n) is 6.73. The summed E-state index contributed by atoms with van der Waals surface area (Å²) in [5.41, 5.74) is 2.54. The van der Waals surface area contributed by atoms with Gasteiger partial charge in [-0.05, 0) is 32.1 Å². The summed E-state index contributed by atoms with van der Waals surface area (Å²) in [6.07, 6.45) is 2.04. The maximum absolute atomic E-state index is 13.8. The van der Waals surface area contributed by atoms with E-state index in [0.717, 1.165) is 55.2 Å². The first-order valence-corrected chi connectivity index (χ1v) is 9.59. The monoisotopic (exact) mass is 393 g/mol. The van der Waals surface area contributed by atoms with E-state index in [1.165, 1.54) is 0 Å². The van der Waals surface area contributed by atoms with Crippen molar-refractivity contribution in [3.63, 3.8) is 0 Å². The van der Waals surface area contributed by atoms with Gasteiger partial charge < -0.3 is 10.2 Å². The number of aromatic nitrogens is 2. The molecule has 27 heavy (non-hydrogen) atoms. The molecule has 2 aromatic rings. The molecule has 0 amide bonds. The molecule has 8 heteroatoms. The molecule has 1 saturated heterocycles. The second kappa shape index (κ2) is 8.75. The van der Waals surface area contributed by atoms with Crippen molar-refractivity contribution in [2.24, 2.45) is 0 Å². The molecule has 0 spiro atoms. The van der Waals surface area contributed by atoms with Gasteiger partial charge in [-0.15, -0.1) is 0 Å². The Hall–Kier alpha value is -2.06. The van der Waals surface area contributed by atoms with Crippen molar-refractivity contribution in [2.45, 2.75) is 33.5 Å². The standard InChI is InChI=1S/C19H25F2N5S/c1-3-26-13-16(14(2)23-26)11-22-19(27)25-9-7-24(8-10-25)12-15-5-4-6-17(20)18(15)21/h4-6,13H,3,7-12H2,1-2H3,(H,22,27). The van der Waals surface area contributed by atoms with Crippen LogP contribution in [0.3, 0.4) is 0 Å². The number of halogens is 2. The molecule has 0 radical (unpaired) electrons. The lowest BCUT2D eigenvalue weighted by molar-refractivity contribution is 0.172. The Morgan fingerprint density at radius 3 is 2.59 bits per heavy atom. The lowest BCUT2D eigenvalue weighted by atomic mass is 10.2. The van der Waals surface area contributed by atoms with Crippen LogP contribution in [-0.4, -0.2) is 50.9 Å². The van der Waals surface area contributed by atoms with Gasteiger partial charge in [0.15, 0.2) is 16.7 Å². The third kappa shape index (κ3) is 4.81. The topological polar surface area (TPSA) is 36.3 Å². The first-order chi connectivity index (χ1) is 13.0. The lowest BCUT2D eigenvalue weighted by Crippen LogP contribution is -2.51. The van der Waals surface area contributed by atoms with Crippen molar-refractivity contribution in [1.82, 2.24) is 24.9 Å². The van der Waals surface area contributed by atoms with Crippen LogP contribution in [0.5, 0.6) is 0 Å². The largest absolute Gasteiger partial charge is 0.358 e. The normalized spacial score (nSPS) is 15.2. The fraction of sp³-hybridized carbons (Fsp3) is 0.474. The third-order valence-corrected chi connectivity index (χ3v) is 5.29. The van der Waals surface area contributed by atoms with Crippen LogP contribution in [0.2, 0.25) is 0 Å². The average Bonchev–Trinajstić information content (AvgIpc) is 3.04. The number of aryl methyl sites for hydroxylation is 2. The smallest absolute Gasteiger partial charge is 0.169 e. The van der Waals surface area contributed by atoms with Gasteiger partial charge in [-0.2, -0.15) is 5.10 Å². The van der Waals surface area contributed by atoms with Crippen molar-refractivity contribution in [3.05, 3.63) is 52.9 Å². The number of thiocarbonyl (C=S) groups is 1. The fourth-order valence-corrected chi connectivity index (χ4v) is 3.45. The molecule has 1 aliphatic heterocycles. The van der Waals surface area contributed by atoms with E-state index in [4.69, 9.17) is 12.2 Å². The third-order valence-electron chi connectivity index (χ3n) is 4.89.